The number of piperazine rings is 1. The van der Waals surface area contributed by atoms with Gasteiger partial charge >= 0.3 is 5.97 Å². The lowest BCUT2D eigenvalue weighted by atomic mass is 10.1. The smallest absolute Gasteiger partial charge is 0.320 e. The van der Waals surface area contributed by atoms with E-state index in [-0.39, 0.29) is 5.91 Å². The van der Waals surface area contributed by atoms with Crippen LogP contribution < -0.4 is 0 Å². The van der Waals surface area contributed by atoms with E-state index >= 15 is 0 Å². The lowest BCUT2D eigenvalue weighted by Crippen LogP contribution is -2.53. The SMILES string of the molecule is C[C@@H](C(=O)O)N1CCN(C(=O)c2ccc(Cl)cc2Cl)CC1. The van der Waals surface area contributed by atoms with Gasteiger partial charge in [0.2, 0.25) is 0 Å². The summed E-state index contributed by atoms with van der Waals surface area (Å²) in [5.74, 6) is -1.00. The Kier molecular flexibility index (Phi) is 5.08. The van der Waals surface area contributed by atoms with Gasteiger partial charge in [-0.25, -0.2) is 0 Å². The molecule has 0 unspecified atom stereocenters. The molecule has 0 aromatic heterocycles. The number of hydrogen-bond donors (Lipinski definition) is 1. The van der Waals surface area contributed by atoms with Crippen molar-refractivity contribution in [1.29, 1.82) is 0 Å². The Labute approximate surface area is 133 Å². The van der Waals surface area contributed by atoms with Crippen LogP contribution in [-0.4, -0.2) is 59.0 Å². The minimum atomic E-state index is -0.851. The zero-order chi connectivity index (χ0) is 15.6. The highest BCUT2D eigenvalue weighted by Crippen LogP contribution is 2.23. The zero-order valence-corrected chi connectivity index (χ0v) is 13.1. The number of halogens is 2. The maximum absolute atomic E-state index is 12.4. The van der Waals surface area contributed by atoms with E-state index in [0.717, 1.165) is 0 Å². The van der Waals surface area contributed by atoms with E-state index in [4.69, 9.17) is 28.3 Å². The fourth-order valence-corrected chi connectivity index (χ4v) is 2.79. The minimum Gasteiger partial charge on any atom is -0.480 e. The first kappa shape index (κ1) is 16.1. The molecule has 5 nitrogen and oxygen atoms in total. The Hall–Kier alpha value is -1.30. The van der Waals surface area contributed by atoms with Gasteiger partial charge in [0, 0.05) is 31.2 Å². The Morgan fingerprint density at radius 3 is 2.33 bits per heavy atom. The molecule has 2 rings (SSSR count). The second-order valence-corrected chi connectivity index (χ2v) is 5.81. The van der Waals surface area contributed by atoms with Crippen molar-refractivity contribution >= 4 is 35.1 Å². The van der Waals surface area contributed by atoms with Crippen LogP contribution in [0.2, 0.25) is 10.0 Å². The van der Waals surface area contributed by atoms with Gasteiger partial charge in [0.1, 0.15) is 6.04 Å². The summed E-state index contributed by atoms with van der Waals surface area (Å²) in [6.07, 6.45) is 0. The van der Waals surface area contributed by atoms with Gasteiger partial charge in [-0.15, -0.1) is 0 Å². The summed E-state index contributed by atoms with van der Waals surface area (Å²) in [5.41, 5.74) is 0.417. The molecule has 1 aliphatic heterocycles. The first-order valence-electron chi connectivity index (χ1n) is 6.61. The van der Waals surface area contributed by atoms with E-state index in [1.54, 1.807) is 30.0 Å². The van der Waals surface area contributed by atoms with Crippen LogP contribution in [0.4, 0.5) is 0 Å². The third-order valence-corrected chi connectivity index (χ3v) is 4.22. The average molecular weight is 331 g/mol. The molecule has 1 aliphatic rings. The number of carbonyl (C=O) groups is 2. The van der Waals surface area contributed by atoms with Crippen LogP contribution in [0, 0.1) is 0 Å². The maximum Gasteiger partial charge on any atom is 0.320 e. The van der Waals surface area contributed by atoms with E-state index in [2.05, 4.69) is 0 Å². The number of carbonyl (C=O) groups excluding carboxylic acids is 1. The summed E-state index contributed by atoms with van der Waals surface area (Å²) in [7, 11) is 0. The van der Waals surface area contributed by atoms with Crippen molar-refractivity contribution in [1.82, 2.24) is 9.80 Å². The van der Waals surface area contributed by atoms with Crippen molar-refractivity contribution in [3.05, 3.63) is 33.8 Å². The fourth-order valence-electron chi connectivity index (χ4n) is 2.30. The van der Waals surface area contributed by atoms with E-state index in [1.807, 2.05) is 4.90 Å². The van der Waals surface area contributed by atoms with Crippen molar-refractivity contribution < 1.29 is 14.7 Å². The normalized spacial score (nSPS) is 17.6. The summed E-state index contributed by atoms with van der Waals surface area (Å²) < 4.78 is 0. The summed E-state index contributed by atoms with van der Waals surface area (Å²) in [5, 5.41) is 9.81. The summed E-state index contributed by atoms with van der Waals surface area (Å²) in [4.78, 5) is 26.9. The van der Waals surface area contributed by atoms with Gasteiger partial charge in [-0.1, -0.05) is 23.2 Å². The van der Waals surface area contributed by atoms with Gasteiger partial charge < -0.3 is 10.0 Å². The first-order chi connectivity index (χ1) is 9.90. The Balaban J connectivity index is 2.02. The number of carboxylic acids is 1. The van der Waals surface area contributed by atoms with Crippen molar-refractivity contribution in [3.8, 4) is 0 Å². The van der Waals surface area contributed by atoms with E-state index in [0.29, 0.717) is 41.8 Å². The van der Waals surface area contributed by atoms with Crippen molar-refractivity contribution in [3.63, 3.8) is 0 Å². The molecule has 0 aliphatic carbocycles. The molecule has 0 spiro atoms. The van der Waals surface area contributed by atoms with Gasteiger partial charge in [-0.3, -0.25) is 14.5 Å². The molecule has 1 fully saturated rings. The molecule has 1 amide bonds. The van der Waals surface area contributed by atoms with Crippen LogP contribution in [0.15, 0.2) is 18.2 Å². The standard InChI is InChI=1S/C14H16Cl2N2O3/c1-9(14(20)21)17-4-6-18(7-5-17)13(19)11-3-2-10(15)8-12(11)16/h2-3,8-9H,4-7H2,1H3,(H,20,21)/t9-/m0/s1. The third-order valence-electron chi connectivity index (χ3n) is 3.67. The van der Waals surface area contributed by atoms with Crippen LogP contribution in [0.5, 0.6) is 0 Å². The molecule has 1 atom stereocenters. The van der Waals surface area contributed by atoms with Crippen LogP contribution in [0.1, 0.15) is 17.3 Å². The highest BCUT2D eigenvalue weighted by molar-refractivity contribution is 6.36. The second kappa shape index (κ2) is 6.64. The number of nitrogens with zero attached hydrogens (tertiary/aromatic N) is 2. The number of rotatable bonds is 3. The van der Waals surface area contributed by atoms with Gasteiger partial charge in [-0.05, 0) is 25.1 Å². The van der Waals surface area contributed by atoms with Gasteiger partial charge in [0.15, 0.2) is 0 Å². The number of aliphatic carboxylic acids is 1. The molecule has 0 bridgehead atoms. The van der Waals surface area contributed by atoms with E-state index < -0.39 is 12.0 Å². The maximum atomic E-state index is 12.4. The molecule has 21 heavy (non-hydrogen) atoms. The van der Waals surface area contributed by atoms with Crippen LogP contribution in [0.25, 0.3) is 0 Å². The summed E-state index contributed by atoms with van der Waals surface area (Å²) >= 11 is 11.9. The van der Waals surface area contributed by atoms with Crippen LogP contribution in [0.3, 0.4) is 0 Å². The predicted molar refractivity (Wildman–Crippen MR) is 81.0 cm³/mol. The molecular formula is C14H16Cl2N2O3. The van der Waals surface area contributed by atoms with Crippen molar-refractivity contribution in [2.75, 3.05) is 26.2 Å². The number of carboxylic acid groups (broad SMARTS) is 1. The Morgan fingerprint density at radius 1 is 1.19 bits per heavy atom. The predicted octanol–water partition coefficient (Wildman–Crippen LogP) is 2.22. The highest BCUT2D eigenvalue weighted by Gasteiger charge is 2.28. The fraction of sp³-hybridized carbons (Fsp3) is 0.429. The van der Waals surface area contributed by atoms with Crippen LogP contribution >= 0.6 is 23.2 Å². The lowest BCUT2D eigenvalue weighted by Gasteiger charge is -2.36. The minimum absolute atomic E-state index is 0.153. The summed E-state index contributed by atoms with van der Waals surface area (Å²) in [6, 6.07) is 4.24. The number of amides is 1. The Morgan fingerprint density at radius 2 is 1.81 bits per heavy atom. The molecule has 1 N–H and O–H groups in total. The average Bonchev–Trinajstić information content (AvgIpc) is 2.46. The monoisotopic (exact) mass is 330 g/mol. The topological polar surface area (TPSA) is 60.9 Å². The molecule has 0 saturated carbocycles. The van der Waals surface area contributed by atoms with Gasteiger partial charge in [0.05, 0.1) is 10.6 Å². The highest BCUT2D eigenvalue weighted by atomic mass is 35.5. The molecule has 1 heterocycles. The third kappa shape index (κ3) is 3.67. The molecule has 114 valence electrons. The first-order valence-corrected chi connectivity index (χ1v) is 7.37. The quantitative estimate of drug-likeness (QED) is 0.923. The van der Waals surface area contributed by atoms with E-state index in [1.165, 1.54) is 0 Å². The van der Waals surface area contributed by atoms with Crippen molar-refractivity contribution in [2.24, 2.45) is 0 Å². The number of hydrogen-bond acceptors (Lipinski definition) is 3. The molecule has 1 aromatic carbocycles. The Bertz CT molecular complexity index is 557. The van der Waals surface area contributed by atoms with Crippen LogP contribution in [-0.2, 0) is 4.79 Å². The lowest BCUT2D eigenvalue weighted by molar-refractivity contribution is -0.143. The van der Waals surface area contributed by atoms with Gasteiger partial charge in [0.25, 0.3) is 5.91 Å². The molecule has 1 saturated heterocycles. The second-order valence-electron chi connectivity index (χ2n) is 4.97. The van der Waals surface area contributed by atoms with Crippen molar-refractivity contribution in [2.45, 2.75) is 13.0 Å². The molecule has 0 radical (unpaired) electrons. The zero-order valence-electron chi connectivity index (χ0n) is 11.6. The number of benzene rings is 1. The largest absolute Gasteiger partial charge is 0.480 e. The molecule has 1 aromatic rings. The molecule has 7 heteroatoms. The molecular weight excluding hydrogens is 315 g/mol. The van der Waals surface area contributed by atoms with Gasteiger partial charge in [-0.2, -0.15) is 0 Å². The summed E-state index contributed by atoms with van der Waals surface area (Å²) in [6.45, 7) is 3.68. The van der Waals surface area contributed by atoms with E-state index in [9.17, 15) is 9.59 Å².